The van der Waals surface area contributed by atoms with Gasteiger partial charge < -0.3 is 19.8 Å². The van der Waals surface area contributed by atoms with E-state index < -0.39 is 17.4 Å². The third-order valence-corrected chi connectivity index (χ3v) is 12.0. The van der Waals surface area contributed by atoms with Crippen LogP contribution in [-0.2, 0) is 10.8 Å². The van der Waals surface area contributed by atoms with Crippen LogP contribution in [-0.4, -0.2) is 11.9 Å². The Labute approximate surface area is 215 Å². The van der Waals surface area contributed by atoms with Crippen molar-refractivity contribution in [2.24, 2.45) is 33.5 Å². The van der Waals surface area contributed by atoms with Crippen LogP contribution in [0.1, 0.15) is 137 Å². The maximum atomic E-state index is 13.2. The smallest absolute Gasteiger partial charge is 0.0721 e. The summed E-state index contributed by atoms with van der Waals surface area (Å²) < 4.78 is 0. The van der Waals surface area contributed by atoms with Crippen molar-refractivity contribution in [2.75, 3.05) is 0 Å². The van der Waals surface area contributed by atoms with Crippen LogP contribution in [0.5, 0.6) is 0 Å². The fourth-order valence-corrected chi connectivity index (χ4v) is 13.5. The first kappa shape index (κ1) is 23.3. The molecule has 36 heavy (non-hydrogen) atoms. The molecule has 0 spiro atoms. The monoisotopic (exact) mass is 488 g/mol. The predicted molar refractivity (Wildman–Crippen MR) is 133 cm³/mol. The van der Waals surface area contributed by atoms with E-state index in [0.717, 1.165) is 50.5 Å². The molecule has 0 heterocycles. The minimum absolute atomic E-state index is 0.106. The van der Waals surface area contributed by atoms with Crippen molar-refractivity contribution in [1.29, 1.82) is 0 Å². The number of carboxylic acid groups (broad SMARTS) is 2. The number of hydrogen-bond donors (Lipinski definition) is 0. The molecule has 0 aliphatic heterocycles. The van der Waals surface area contributed by atoms with Gasteiger partial charge in [-0.1, -0.05) is 39.8 Å². The van der Waals surface area contributed by atoms with Gasteiger partial charge >= 0.3 is 0 Å². The van der Waals surface area contributed by atoms with Gasteiger partial charge in [-0.3, -0.25) is 0 Å². The second kappa shape index (κ2) is 6.59. The average Bonchev–Trinajstić information content (AvgIpc) is 2.67. The van der Waals surface area contributed by atoms with Gasteiger partial charge in [0, 0.05) is 11.1 Å². The summed E-state index contributed by atoms with van der Waals surface area (Å²) in [5.74, 6) is -1.27. The van der Waals surface area contributed by atoms with Crippen LogP contribution < -0.4 is 10.2 Å². The average molecular weight is 489 g/mol. The van der Waals surface area contributed by atoms with E-state index in [-0.39, 0.29) is 38.2 Å². The minimum atomic E-state index is -1.24. The zero-order valence-corrected chi connectivity index (χ0v) is 22.4. The zero-order chi connectivity index (χ0) is 25.5. The molecule has 0 saturated heterocycles. The van der Waals surface area contributed by atoms with Crippen molar-refractivity contribution in [2.45, 2.75) is 116 Å². The lowest BCUT2D eigenvalue weighted by Crippen LogP contribution is -2.59. The molecule has 194 valence electrons. The SMILES string of the molecule is CC12CC3CC(C)(C1)CC(c1ccc(C(=O)[O-])c(C45CC6CC(C)(CC(C)(C6)C4)C5)c1C(=O)[O-])(C3)C2. The van der Waals surface area contributed by atoms with E-state index in [9.17, 15) is 19.8 Å². The second-order valence-electron chi connectivity index (χ2n) is 16.3. The van der Waals surface area contributed by atoms with E-state index in [1.54, 1.807) is 6.07 Å². The van der Waals surface area contributed by atoms with Gasteiger partial charge in [-0.15, -0.1) is 0 Å². The van der Waals surface area contributed by atoms with E-state index >= 15 is 0 Å². The van der Waals surface area contributed by atoms with Crippen LogP contribution >= 0.6 is 0 Å². The van der Waals surface area contributed by atoms with Crippen LogP contribution in [0.3, 0.4) is 0 Å². The van der Waals surface area contributed by atoms with Gasteiger partial charge in [0.05, 0.1) is 11.9 Å². The van der Waals surface area contributed by atoms with Gasteiger partial charge in [0.2, 0.25) is 0 Å². The quantitative estimate of drug-likeness (QED) is 0.603. The van der Waals surface area contributed by atoms with Crippen LogP contribution in [0, 0.1) is 33.5 Å². The Morgan fingerprint density at radius 3 is 1.50 bits per heavy atom. The highest BCUT2D eigenvalue weighted by Gasteiger charge is 2.63. The molecule has 0 amide bonds. The van der Waals surface area contributed by atoms with Gasteiger partial charge in [-0.25, -0.2) is 0 Å². The molecule has 1 aromatic carbocycles. The first-order valence-corrected chi connectivity index (χ1v) is 14.3. The molecule has 8 saturated carbocycles. The lowest BCUT2D eigenvalue weighted by Gasteiger charge is -2.67. The summed E-state index contributed by atoms with van der Waals surface area (Å²) in [4.78, 5) is 25.8. The Morgan fingerprint density at radius 2 is 1.08 bits per heavy atom. The molecule has 4 unspecified atom stereocenters. The van der Waals surface area contributed by atoms with E-state index in [4.69, 9.17) is 0 Å². The molecule has 0 N–H and O–H groups in total. The molecule has 8 aliphatic rings. The molecule has 0 aromatic heterocycles. The fourth-order valence-electron chi connectivity index (χ4n) is 13.5. The van der Waals surface area contributed by atoms with Crippen molar-refractivity contribution in [3.63, 3.8) is 0 Å². The summed E-state index contributed by atoms with van der Waals surface area (Å²) >= 11 is 0. The maximum absolute atomic E-state index is 13.2. The van der Waals surface area contributed by atoms with Gasteiger partial charge in [0.25, 0.3) is 0 Å². The van der Waals surface area contributed by atoms with Crippen molar-refractivity contribution in [3.05, 3.63) is 34.4 Å². The molecule has 0 radical (unpaired) electrons. The van der Waals surface area contributed by atoms with Crippen LogP contribution in [0.15, 0.2) is 12.1 Å². The number of rotatable bonds is 4. The molecule has 8 bridgehead atoms. The molecular weight excluding hydrogens is 448 g/mol. The highest BCUT2D eigenvalue weighted by atomic mass is 16.4. The Morgan fingerprint density at radius 1 is 0.639 bits per heavy atom. The number of hydrogen-bond acceptors (Lipinski definition) is 4. The third-order valence-electron chi connectivity index (χ3n) is 12.0. The van der Waals surface area contributed by atoms with Crippen molar-refractivity contribution in [3.8, 4) is 0 Å². The number of benzene rings is 1. The Kier molecular flexibility index (Phi) is 4.26. The summed E-state index contributed by atoms with van der Waals surface area (Å²) in [7, 11) is 0. The number of carbonyl (C=O) groups is 2. The Balaban J connectivity index is 1.48. The lowest BCUT2D eigenvalue weighted by molar-refractivity contribution is -0.255. The summed E-state index contributed by atoms with van der Waals surface area (Å²) in [6.45, 7) is 9.51. The molecule has 4 atom stereocenters. The predicted octanol–water partition coefficient (Wildman–Crippen LogP) is 4.91. The Bertz CT molecular complexity index is 1170. The van der Waals surface area contributed by atoms with Gasteiger partial charge in [0.1, 0.15) is 0 Å². The van der Waals surface area contributed by atoms with E-state index in [2.05, 4.69) is 27.7 Å². The standard InChI is InChI=1S/C32H42O4/c1-27-7-19-8-28(2,13-27)16-31(11-19,15-27)22-6-5-21(25(33)34)24(23(22)26(35)36)32-12-20-9-29(3,17-32)14-30(4,10-20)18-32/h5-6,19-20H,7-18H2,1-4H3,(H,33,34)(H,35,36)/p-2. The summed E-state index contributed by atoms with van der Waals surface area (Å²) in [5.41, 5.74) is 1.92. The van der Waals surface area contributed by atoms with E-state index in [0.29, 0.717) is 17.4 Å². The third kappa shape index (κ3) is 3.05. The van der Waals surface area contributed by atoms with Crippen molar-refractivity contribution < 1.29 is 19.8 Å². The molecular formula is C32H40O4-2. The van der Waals surface area contributed by atoms with Gasteiger partial charge in [-0.05, 0) is 133 Å². The highest BCUT2D eigenvalue weighted by molar-refractivity contribution is 5.97. The molecule has 1 aromatic rings. The Hall–Kier alpha value is -1.84. The zero-order valence-electron chi connectivity index (χ0n) is 22.4. The second-order valence-corrected chi connectivity index (χ2v) is 16.3. The van der Waals surface area contributed by atoms with Crippen LogP contribution in [0.4, 0.5) is 0 Å². The van der Waals surface area contributed by atoms with E-state index in [1.807, 2.05) is 6.07 Å². The summed E-state index contributed by atoms with van der Waals surface area (Å²) in [6.07, 6.45) is 12.9. The largest absolute Gasteiger partial charge is 0.545 e. The number of aromatic carboxylic acids is 2. The van der Waals surface area contributed by atoms with Crippen LogP contribution in [0.2, 0.25) is 0 Å². The van der Waals surface area contributed by atoms with Crippen molar-refractivity contribution in [1.82, 2.24) is 0 Å². The minimum Gasteiger partial charge on any atom is -0.545 e. The fraction of sp³-hybridized carbons (Fsp3) is 0.750. The first-order chi connectivity index (χ1) is 16.7. The normalized spacial score (nSPS) is 50.0. The number of carboxylic acids is 2. The highest BCUT2D eigenvalue weighted by Crippen LogP contribution is 2.72. The van der Waals surface area contributed by atoms with Crippen LogP contribution in [0.25, 0.3) is 0 Å². The summed E-state index contributed by atoms with van der Waals surface area (Å²) in [5, 5.41) is 25.8. The van der Waals surface area contributed by atoms with Gasteiger partial charge in [-0.2, -0.15) is 0 Å². The molecule has 4 nitrogen and oxygen atoms in total. The van der Waals surface area contributed by atoms with E-state index in [1.165, 1.54) is 32.1 Å². The topological polar surface area (TPSA) is 80.3 Å². The first-order valence-electron chi connectivity index (χ1n) is 14.3. The maximum Gasteiger partial charge on any atom is 0.0721 e. The van der Waals surface area contributed by atoms with Gasteiger partial charge in [0.15, 0.2) is 0 Å². The molecule has 4 heteroatoms. The lowest BCUT2D eigenvalue weighted by atomic mass is 9.37. The van der Waals surface area contributed by atoms with Crippen molar-refractivity contribution >= 4 is 11.9 Å². The number of carbonyl (C=O) groups excluding carboxylic acids is 2. The molecule has 8 fully saturated rings. The molecule has 9 rings (SSSR count). The summed E-state index contributed by atoms with van der Waals surface area (Å²) in [6, 6.07) is 3.59. The molecule has 8 aliphatic carbocycles.